The molecule has 1 unspecified atom stereocenters. The van der Waals surface area contributed by atoms with Crippen molar-refractivity contribution >= 4 is 47.2 Å². The van der Waals surface area contributed by atoms with Crippen LogP contribution in [-0.4, -0.2) is 0 Å². The Balaban J connectivity index is 0.00000256. The van der Waals surface area contributed by atoms with Gasteiger partial charge in [0.25, 0.3) is 0 Å². The molecule has 1 aromatic carbocycles. The summed E-state index contributed by atoms with van der Waals surface area (Å²) in [6.45, 7) is 4.05. The van der Waals surface area contributed by atoms with Crippen LogP contribution in [-0.2, 0) is 0 Å². The molecule has 1 atom stereocenters. The van der Waals surface area contributed by atoms with E-state index in [0.717, 1.165) is 11.1 Å². The fraction of sp³-hybridized carbons (Fsp3) is 0.333. The lowest BCUT2D eigenvalue weighted by molar-refractivity contribution is 0.727. The SMILES string of the molecule is Cc1ccc(C)c(C(N)CC(Cl)=C(Cl)Cl)c1.Cl. The maximum atomic E-state index is 6.07. The highest BCUT2D eigenvalue weighted by molar-refractivity contribution is 6.59. The molecule has 0 saturated carbocycles. The zero-order valence-corrected chi connectivity index (χ0v) is 12.7. The Labute approximate surface area is 123 Å². The van der Waals surface area contributed by atoms with E-state index in [2.05, 4.69) is 12.1 Å². The van der Waals surface area contributed by atoms with Crippen molar-refractivity contribution in [3.63, 3.8) is 0 Å². The molecule has 0 aliphatic heterocycles. The summed E-state index contributed by atoms with van der Waals surface area (Å²) >= 11 is 17.1. The van der Waals surface area contributed by atoms with E-state index in [4.69, 9.17) is 40.5 Å². The van der Waals surface area contributed by atoms with E-state index >= 15 is 0 Å². The lowest BCUT2D eigenvalue weighted by Gasteiger charge is -2.15. The van der Waals surface area contributed by atoms with Crippen LogP contribution in [0.1, 0.15) is 29.2 Å². The van der Waals surface area contributed by atoms with Crippen LogP contribution in [0, 0.1) is 13.8 Å². The first-order valence-corrected chi connectivity index (χ1v) is 6.07. The molecular formula is C12H15Cl4N. The van der Waals surface area contributed by atoms with E-state index in [1.165, 1.54) is 5.56 Å². The molecular weight excluding hydrogens is 300 g/mol. The molecule has 1 nitrogen and oxygen atoms in total. The molecule has 17 heavy (non-hydrogen) atoms. The van der Waals surface area contributed by atoms with Crippen LogP contribution in [0.15, 0.2) is 27.7 Å². The summed E-state index contributed by atoms with van der Waals surface area (Å²) in [6, 6.07) is 5.98. The lowest BCUT2D eigenvalue weighted by Crippen LogP contribution is -2.12. The Morgan fingerprint density at radius 2 is 1.82 bits per heavy atom. The average Bonchev–Trinajstić information content (AvgIpc) is 2.21. The van der Waals surface area contributed by atoms with Crippen molar-refractivity contribution in [2.24, 2.45) is 5.73 Å². The number of aryl methyl sites for hydroxylation is 2. The first-order chi connectivity index (χ1) is 7.41. The fourth-order valence-electron chi connectivity index (χ4n) is 1.54. The Hall–Kier alpha value is 0.0800. The standard InChI is InChI=1S/C12H14Cl3N.ClH/c1-7-3-4-8(2)9(5-7)11(16)6-10(13)12(14)15;/h3-5,11H,6,16H2,1-2H3;1H. The normalized spacial score (nSPS) is 11.6. The molecule has 0 radical (unpaired) electrons. The van der Waals surface area contributed by atoms with E-state index in [9.17, 15) is 0 Å². The van der Waals surface area contributed by atoms with Crippen molar-refractivity contribution in [2.75, 3.05) is 0 Å². The third-order valence-corrected chi connectivity index (χ3v) is 3.43. The van der Waals surface area contributed by atoms with Gasteiger partial charge in [0.2, 0.25) is 0 Å². The van der Waals surface area contributed by atoms with Gasteiger partial charge in [-0.1, -0.05) is 58.6 Å². The Morgan fingerprint density at radius 1 is 1.24 bits per heavy atom. The molecule has 0 amide bonds. The van der Waals surface area contributed by atoms with Gasteiger partial charge >= 0.3 is 0 Å². The van der Waals surface area contributed by atoms with Gasteiger partial charge < -0.3 is 5.73 Å². The summed E-state index contributed by atoms with van der Waals surface area (Å²) < 4.78 is 0.0856. The highest BCUT2D eigenvalue weighted by atomic mass is 35.5. The monoisotopic (exact) mass is 313 g/mol. The second-order valence-corrected chi connectivity index (χ2v) is 5.24. The van der Waals surface area contributed by atoms with Gasteiger partial charge in [-0.15, -0.1) is 12.4 Å². The topological polar surface area (TPSA) is 26.0 Å². The Bertz CT molecular complexity index is 411. The van der Waals surface area contributed by atoms with Gasteiger partial charge in [-0.05, 0) is 25.0 Å². The molecule has 1 aromatic rings. The van der Waals surface area contributed by atoms with Crippen molar-refractivity contribution in [3.8, 4) is 0 Å². The minimum absolute atomic E-state index is 0. The van der Waals surface area contributed by atoms with Crippen molar-refractivity contribution in [1.82, 2.24) is 0 Å². The highest BCUT2D eigenvalue weighted by Crippen LogP contribution is 2.28. The number of rotatable bonds is 3. The van der Waals surface area contributed by atoms with Gasteiger partial charge in [0.15, 0.2) is 0 Å². The van der Waals surface area contributed by atoms with Gasteiger partial charge in [-0.25, -0.2) is 0 Å². The minimum atomic E-state index is -0.181. The van der Waals surface area contributed by atoms with Crippen LogP contribution < -0.4 is 5.73 Å². The molecule has 5 heteroatoms. The molecule has 0 heterocycles. The van der Waals surface area contributed by atoms with E-state index in [1.54, 1.807) is 0 Å². The predicted molar refractivity (Wildman–Crippen MR) is 79.3 cm³/mol. The number of hydrogen-bond acceptors (Lipinski definition) is 1. The molecule has 0 spiro atoms. The van der Waals surface area contributed by atoms with Crippen molar-refractivity contribution < 1.29 is 0 Å². The lowest BCUT2D eigenvalue weighted by atomic mass is 9.97. The van der Waals surface area contributed by atoms with Crippen LogP contribution in [0.4, 0.5) is 0 Å². The summed E-state index contributed by atoms with van der Waals surface area (Å²) in [5, 5.41) is 0.400. The maximum absolute atomic E-state index is 6.07. The number of halogens is 4. The Morgan fingerprint density at radius 3 is 2.35 bits per heavy atom. The van der Waals surface area contributed by atoms with E-state index in [0.29, 0.717) is 11.5 Å². The summed E-state index contributed by atoms with van der Waals surface area (Å²) in [5.41, 5.74) is 9.46. The van der Waals surface area contributed by atoms with E-state index < -0.39 is 0 Å². The zero-order chi connectivity index (χ0) is 12.3. The predicted octanol–water partition coefficient (Wildman–Crippen LogP) is 5.00. The number of hydrogen-bond donors (Lipinski definition) is 1. The summed E-state index contributed by atoms with van der Waals surface area (Å²) in [6.07, 6.45) is 0.453. The van der Waals surface area contributed by atoms with Gasteiger partial charge in [0.05, 0.1) is 5.03 Å². The molecule has 0 aliphatic carbocycles. The number of nitrogens with two attached hydrogens (primary N) is 1. The molecule has 0 fully saturated rings. The summed E-state index contributed by atoms with van der Waals surface area (Å²) in [4.78, 5) is 0. The van der Waals surface area contributed by atoms with Crippen LogP contribution in [0.2, 0.25) is 0 Å². The third-order valence-electron chi connectivity index (χ3n) is 2.44. The van der Waals surface area contributed by atoms with Crippen LogP contribution in [0.5, 0.6) is 0 Å². The molecule has 2 N–H and O–H groups in total. The average molecular weight is 315 g/mol. The highest BCUT2D eigenvalue weighted by Gasteiger charge is 2.12. The smallest absolute Gasteiger partial charge is 0.121 e. The third kappa shape index (κ3) is 5.07. The molecule has 0 bridgehead atoms. The minimum Gasteiger partial charge on any atom is -0.324 e. The summed E-state index contributed by atoms with van der Waals surface area (Å²) in [7, 11) is 0. The second kappa shape index (κ2) is 7.50. The quantitative estimate of drug-likeness (QED) is 0.834. The maximum Gasteiger partial charge on any atom is 0.121 e. The first-order valence-electron chi connectivity index (χ1n) is 4.94. The van der Waals surface area contributed by atoms with E-state index in [-0.39, 0.29) is 22.9 Å². The molecule has 96 valence electrons. The van der Waals surface area contributed by atoms with Gasteiger partial charge in [0.1, 0.15) is 4.49 Å². The van der Waals surface area contributed by atoms with Crippen LogP contribution >= 0.6 is 47.2 Å². The van der Waals surface area contributed by atoms with E-state index in [1.807, 2.05) is 19.9 Å². The van der Waals surface area contributed by atoms with Gasteiger partial charge in [0, 0.05) is 12.5 Å². The molecule has 0 aliphatic rings. The van der Waals surface area contributed by atoms with Crippen LogP contribution in [0.3, 0.4) is 0 Å². The second-order valence-electron chi connectivity index (χ2n) is 3.84. The fourth-order valence-corrected chi connectivity index (χ4v) is 1.86. The van der Waals surface area contributed by atoms with Crippen molar-refractivity contribution in [3.05, 3.63) is 44.4 Å². The number of benzene rings is 1. The Kier molecular flexibility index (Phi) is 7.54. The largest absolute Gasteiger partial charge is 0.324 e. The summed E-state index contributed by atoms with van der Waals surface area (Å²) in [5.74, 6) is 0. The van der Waals surface area contributed by atoms with Crippen molar-refractivity contribution in [1.29, 1.82) is 0 Å². The van der Waals surface area contributed by atoms with Crippen molar-refractivity contribution in [2.45, 2.75) is 26.3 Å². The molecule has 1 rings (SSSR count). The first kappa shape index (κ1) is 17.1. The van der Waals surface area contributed by atoms with Crippen LogP contribution in [0.25, 0.3) is 0 Å². The molecule has 0 saturated heterocycles. The molecule has 0 aromatic heterocycles. The zero-order valence-electron chi connectivity index (χ0n) is 9.64. The van der Waals surface area contributed by atoms with Gasteiger partial charge in [-0.3, -0.25) is 0 Å². The van der Waals surface area contributed by atoms with Gasteiger partial charge in [-0.2, -0.15) is 0 Å².